The highest BCUT2D eigenvalue weighted by molar-refractivity contribution is 5.77. The van der Waals surface area contributed by atoms with Crippen molar-refractivity contribution in [3.8, 4) is 11.4 Å². The average Bonchev–Trinajstić information content (AvgIpc) is 3.05. The van der Waals surface area contributed by atoms with E-state index in [-0.39, 0.29) is 11.7 Å². The van der Waals surface area contributed by atoms with Gasteiger partial charge in [-0.3, -0.25) is 4.79 Å². The van der Waals surface area contributed by atoms with E-state index in [9.17, 15) is 18.0 Å². The first-order chi connectivity index (χ1) is 11.7. The summed E-state index contributed by atoms with van der Waals surface area (Å²) in [6, 6.07) is 6.71. The van der Waals surface area contributed by atoms with Crippen LogP contribution in [0.1, 0.15) is 51.5 Å². The molecule has 0 saturated heterocycles. The Hall–Kier alpha value is -2.38. The first kappa shape index (κ1) is 19.0. The normalized spacial score (nSPS) is 14.2. The fourth-order valence-electron chi connectivity index (χ4n) is 2.40. The Bertz CT molecular complexity index is 725. The highest BCUT2D eigenvalue weighted by Crippen LogP contribution is 2.30. The summed E-state index contributed by atoms with van der Waals surface area (Å²) in [6.45, 7) is 5.79. The van der Waals surface area contributed by atoms with E-state index in [1.807, 2.05) is 20.8 Å². The van der Waals surface area contributed by atoms with Crippen LogP contribution in [0.2, 0.25) is 0 Å². The lowest BCUT2D eigenvalue weighted by Crippen LogP contribution is -2.42. The topological polar surface area (TPSA) is 68.0 Å². The predicted octanol–water partition coefficient (Wildman–Crippen LogP) is 4.30. The minimum Gasteiger partial charge on any atom is -0.347 e. The van der Waals surface area contributed by atoms with E-state index in [1.54, 1.807) is 24.3 Å². The molecular formula is C17H20F3N3O2. The first-order valence-corrected chi connectivity index (χ1v) is 8.02. The largest absolute Gasteiger partial charge is 0.471 e. The Balaban J connectivity index is 2.23. The molecule has 0 aliphatic carbocycles. The van der Waals surface area contributed by atoms with E-state index >= 15 is 0 Å². The number of nitrogens with zero attached hydrogens (tertiary/aromatic N) is 2. The fraction of sp³-hybridized carbons (Fsp3) is 0.471. The van der Waals surface area contributed by atoms with E-state index in [0.717, 1.165) is 12.0 Å². The summed E-state index contributed by atoms with van der Waals surface area (Å²) in [4.78, 5) is 15.3. The van der Waals surface area contributed by atoms with Gasteiger partial charge in [-0.2, -0.15) is 18.2 Å². The molecule has 1 heterocycles. The van der Waals surface area contributed by atoms with Crippen LogP contribution in [0.4, 0.5) is 13.2 Å². The van der Waals surface area contributed by atoms with Crippen LogP contribution >= 0.6 is 0 Å². The number of amides is 1. The third-order valence-corrected chi connectivity index (χ3v) is 4.05. The number of hydrogen-bond donors (Lipinski definition) is 1. The molecule has 8 heteroatoms. The van der Waals surface area contributed by atoms with Gasteiger partial charge in [0.05, 0.1) is 5.54 Å². The number of benzene rings is 1. The van der Waals surface area contributed by atoms with Gasteiger partial charge in [-0.15, -0.1) is 0 Å². The van der Waals surface area contributed by atoms with Crippen molar-refractivity contribution in [1.29, 1.82) is 0 Å². The molecule has 0 fully saturated rings. The number of carbonyl (C=O) groups is 1. The maximum atomic E-state index is 12.5. The standard InChI is InChI=1S/C17H20F3N3O2/c1-4-6-13(24)22-16(3,5-2)12-9-7-11(8-10-12)14-21-15(25-23-14)17(18,19)20/h7-10H,4-6H2,1-3H3,(H,22,24). The van der Waals surface area contributed by atoms with E-state index in [4.69, 9.17) is 0 Å². The molecule has 1 atom stereocenters. The molecular weight excluding hydrogens is 335 g/mol. The third-order valence-electron chi connectivity index (χ3n) is 4.05. The summed E-state index contributed by atoms with van der Waals surface area (Å²) in [7, 11) is 0. The van der Waals surface area contributed by atoms with Gasteiger partial charge in [-0.25, -0.2) is 0 Å². The Morgan fingerprint density at radius 3 is 2.32 bits per heavy atom. The second-order valence-electron chi connectivity index (χ2n) is 5.98. The summed E-state index contributed by atoms with van der Waals surface area (Å²) >= 11 is 0. The molecule has 2 aromatic rings. The van der Waals surface area contributed by atoms with Crippen molar-refractivity contribution >= 4 is 5.91 Å². The van der Waals surface area contributed by atoms with Crippen molar-refractivity contribution in [3.05, 3.63) is 35.7 Å². The zero-order valence-electron chi connectivity index (χ0n) is 14.3. The molecule has 1 amide bonds. The van der Waals surface area contributed by atoms with Crippen LogP contribution in [0.5, 0.6) is 0 Å². The molecule has 0 aliphatic heterocycles. The smallest absolute Gasteiger partial charge is 0.347 e. The predicted molar refractivity (Wildman–Crippen MR) is 85.4 cm³/mol. The summed E-state index contributed by atoms with van der Waals surface area (Å²) in [6.07, 6.45) is -2.81. The van der Waals surface area contributed by atoms with Crippen LogP contribution in [0.3, 0.4) is 0 Å². The van der Waals surface area contributed by atoms with Crippen molar-refractivity contribution in [2.24, 2.45) is 0 Å². The van der Waals surface area contributed by atoms with E-state index in [0.29, 0.717) is 18.4 Å². The molecule has 136 valence electrons. The molecule has 5 nitrogen and oxygen atoms in total. The number of carbonyl (C=O) groups excluding carboxylic acids is 1. The van der Waals surface area contributed by atoms with Gasteiger partial charge in [0.25, 0.3) is 0 Å². The van der Waals surface area contributed by atoms with Gasteiger partial charge in [-0.05, 0) is 25.3 Å². The van der Waals surface area contributed by atoms with Crippen molar-refractivity contribution in [2.45, 2.75) is 51.7 Å². The van der Waals surface area contributed by atoms with Gasteiger partial charge in [-0.1, -0.05) is 43.3 Å². The number of rotatable bonds is 6. The van der Waals surface area contributed by atoms with Crippen LogP contribution in [-0.4, -0.2) is 16.0 Å². The van der Waals surface area contributed by atoms with Crippen LogP contribution in [0.15, 0.2) is 28.8 Å². The highest BCUT2D eigenvalue weighted by atomic mass is 19.4. The Kier molecular flexibility index (Phi) is 5.49. The van der Waals surface area contributed by atoms with Gasteiger partial charge < -0.3 is 9.84 Å². The zero-order chi connectivity index (χ0) is 18.7. The Morgan fingerprint density at radius 1 is 1.20 bits per heavy atom. The molecule has 0 bridgehead atoms. The lowest BCUT2D eigenvalue weighted by Gasteiger charge is -2.30. The number of aromatic nitrogens is 2. The minimum absolute atomic E-state index is 0.0380. The van der Waals surface area contributed by atoms with Crippen LogP contribution in [0.25, 0.3) is 11.4 Å². The number of alkyl halides is 3. The van der Waals surface area contributed by atoms with Crippen LogP contribution in [-0.2, 0) is 16.5 Å². The maximum Gasteiger partial charge on any atom is 0.471 e. The third kappa shape index (κ3) is 4.37. The van der Waals surface area contributed by atoms with Gasteiger partial charge in [0.2, 0.25) is 11.7 Å². The van der Waals surface area contributed by atoms with E-state index in [2.05, 4.69) is 20.0 Å². The molecule has 0 saturated carbocycles. The van der Waals surface area contributed by atoms with Gasteiger partial charge in [0.15, 0.2) is 0 Å². The molecule has 1 unspecified atom stereocenters. The van der Waals surface area contributed by atoms with Crippen molar-refractivity contribution in [1.82, 2.24) is 15.5 Å². The lowest BCUT2D eigenvalue weighted by atomic mass is 9.88. The van der Waals surface area contributed by atoms with Crippen molar-refractivity contribution < 1.29 is 22.5 Å². The Labute approximate surface area is 143 Å². The van der Waals surface area contributed by atoms with Gasteiger partial charge in [0.1, 0.15) is 0 Å². The van der Waals surface area contributed by atoms with E-state index < -0.39 is 17.6 Å². The lowest BCUT2D eigenvalue weighted by molar-refractivity contribution is -0.159. The number of halogens is 3. The fourth-order valence-corrected chi connectivity index (χ4v) is 2.40. The second-order valence-corrected chi connectivity index (χ2v) is 5.98. The van der Waals surface area contributed by atoms with Gasteiger partial charge >= 0.3 is 12.1 Å². The molecule has 1 aromatic carbocycles. The molecule has 25 heavy (non-hydrogen) atoms. The Morgan fingerprint density at radius 2 is 1.84 bits per heavy atom. The molecule has 0 radical (unpaired) electrons. The first-order valence-electron chi connectivity index (χ1n) is 8.02. The molecule has 0 aliphatic rings. The highest BCUT2D eigenvalue weighted by Gasteiger charge is 2.38. The SMILES string of the molecule is CCCC(=O)NC(C)(CC)c1ccc(-c2noc(C(F)(F)F)n2)cc1. The average molecular weight is 355 g/mol. The summed E-state index contributed by atoms with van der Waals surface area (Å²) in [5.41, 5.74) is 0.697. The van der Waals surface area contributed by atoms with E-state index in [1.165, 1.54) is 0 Å². The van der Waals surface area contributed by atoms with Crippen molar-refractivity contribution in [3.63, 3.8) is 0 Å². The number of hydrogen-bond acceptors (Lipinski definition) is 4. The van der Waals surface area contributed by atoms with Gasteiger partial charge in [0, 0.05) is 12.0 Å². The van der Waals surface area contributed by atoms with Crippen molar-refractivity contribution in [2.75, 3.05) is 0 Å². The number of nitrogens with one attached hydrogen (secondary N) is 1. The molecule has 2 rings (SSSR count). The van der Waals surface area contributed by atoms with Crippen LogP contribution in [0, 0.1) is 0 Å². The monoisotopic (exact) mass is 355 g/mol. The van der Waals surface area contributed by atoms with Crippen LogP contribution < -0.4 is 5.32 Å². The zero-order valence-corrected chi connectivity index (χ0v) is 14.3. The quantitative estimate of drug-likeness (QED) is 0.839. The minimum atomic E-state index is -4.67. The molecule has 1 aromatic heterocycles. The summed E-state index contributed by atoms with van der Waals surface area (Å²) < 4.78 is 41.8. The molecule has 0 spiro atoms. The summed E-state index contributed by atoms with van der Waals surface area (Å²) in [5.74, 6) is -1.55. The summed E-state index contributed by atoms with van der Waals surface area (Å²) in [5, 5.41) is 6.37. The second kappa shape index (κ2) is 7.25. The maximum absolute atomic E-state index is 12.5. The molecule has 1 N–H and O–H groups in total.